The van der Waals surface area contributed by atoms with Gasteiger partial charge in [-0.05, 0) is 37.1 Å². The van der Waals surface area contributed by atoms with Crippen molar-refractivity contribution in [3.63, 3.8) is 0 Å². The molecule has 2 aromatic rings. The number of likely N-dealkylation sites (tertiary alicyclic amines) is 1. The van der Waals surface area contributed by atoms with Crippen LogP contribution in [0.25, 0.3) is 0 Å². The monoisotopic (exact) mass is 519 g/mol. The lowest BCUT2D eigenvalue weighted by Crippen LogP contribution is -2.36. The molecule has 188 valence electrons. The first kappa shape index (κ1) is 24.1. The SMILES string of the molecule is Cc1cc(N2CCOc3ccc(OC4CCN(C(=O)C5CCS(=O)C5)C4)cc32)cnc1S(C)(=O)=O. The average Bonchev–Trinajstić information content (AvgIpc) is 3.46. The normalized spacial score (nSPS) is 24.2. The molecule has 11 heteroatoms. The lowest BCUT2D eigenvalue weighted by Gasteiger charge is -2.32. The summed E-state index contributed by atoms with van der Waals surface area (Å²) in [6, 6.07) is 7.47. The van der Waals surface area contributed by atoms with Crippen molar-refractivity contribution >= 4 is 37.9 Å². The molecule has 35 heavy (non-hydrogen) atoms. The van der Waals surface area contributed by atoms with Crippen molar-refractivity contribution < 1.29 is 26.9 Å². The fourth-order valence-corrected chi connectivity index (χ4v) is 7.32. The Morgan fingerprint density at radius 3 is 2.77 bits per heavy atom. The summed E-state index contributed by atoms with van der Waals surface area (Å²) in [4.78, 5) is 20.9. The molecule has 9 nitrogen and oxygen atoms in total. The number of anilines is 2. The second kappa shape index (κ2) is 9.42. The fourth-order valence-electron chi connectivity index (χ4n) is 4.96. The van der Waals surface area contributed by atoms with Crippen LogP contribution in [0, 0.1) is 12.8 Å². The van der Waals surface area contributed by atoms with Crippen LogP contribution < -0.4 is 14.4 Å². The maximum absolute atomic E-state index is 12.8. The highest BCUT2D eigenvalue weighted by molar-refractivity contribution is 7.90. The molecule has 2 saturated heterocycles. The van der Waals surface area contributed by atoms with Gasteiger partial charge in [0.15, 0.2) is 14.9 Å². The van der Waals surface area contributed by atoms with E-state index in [4.69, 9.17) is 9.47 Å². The molecule has 0 aliphatic carbocycles. The van der Waals surface area contributed by atoms with Crippen LogP contribution in [-0.4, -0.2) is 78.5 Å². The first-order chi connectivity index (χ1) is 16.7. The van der Waals surface area contributed by atoms with Gasteiger partial charge in [0.1, 0.15) is 24.2 Å². The van der Waals surface area contributed by atoms with Crippen LogP contribution in [0.2, 0.25) is 0 Å². The summed E-state index contributed by atoms with van der Waals surface area (Å²) in [7, 11) is -4.27. The number of aryl methyl sites for hydroxylation is 1. The smallest absolute Gasteiger partial charge is 0.226 e. The summed E-state index contributed by atoms with van der Waals surface area (Å²) in [5.41, 5.74) is 2.19. The molecule has 1 aromatic carbocycles. The Bertz CT molecular complexity index is 1280. The molecular weight excluding hydrogens is 490 g/mol. The average molecular weight is 520 g/mol. The van der Waals surface area contributed by atoms with E-state index in [2.05, 4.69) is 4.98 Å². The number of rotatable bonds is 5. The molecule has 5 rings (SSSR count). The second-order valence-electron chi connectivity index (χ2n) is 9.33. The van der Waals surface area contributed by atoms with Crippen molar-refractivity contribution in [3.05, 3.63) is 36.0 Å². The molecule has 4 heterocycles. The predicted molar refractivity (Wildman–Crippen MR) is 133 cm³/mol. The van der Waals surface area contributed by atoms with E-state index in [1.54, 1.807) is 13.1 Å². The first-order valence-corrected chi connectivity index (χ1v) is 15.1. The molecule has 3 atom stereocenters. The third-order valence-corrected chi connectivity index (χ3v) is 9.26. The van der Waals surface area contributed by atoms with E-state index in [-0.39, 0.29) is 23.0 Å². The summed E-state index contributed by atoms with van der Waals surface area (Å²) in [6.45, 7) is 3.99. The van der Waals surface area contributed by atoms with Gasteiger partial charge in [0.25, 0.3) is 0 Å². The van der Waals surface area contributed by atoms with Crippen molar-refractivity contribution in [1.82, 2.24) is 9.88 Å². The van der Waals surface area contributed by atoms with Gasteiger partial charge in [-0.25, -0.2) is 13.4 Å². The number of sulfone groups is 1. The van der Waals surface area contributed by atoms with E-state index in [0.29, 0.717) is 61.2 Å². The molecule has 0 radical (unpaired) electrons. The number of pyridine rings is 1. The number of amides is 1. The summed E-state index contributed by atoms with van der Waals surface area (Å²) >= 11 is 0. The van der Waals surface area contributed by atoms with Gasteiger partial charge < -0.3 is 19.3 Å². The molecular formula is C24H29N3O6S2. The lowest BCUT2D eigenvalue weighted by molar-refractivity contribution is -0.133. The number of hydrogen-bond donors (Lipinski definition) is 0. The fraction of sp³-hybridized carbons (Fsp3) is 0.500. The van der Waals surface area contributed by atoms with E-state index in [1.807, 2.05) is 34.1 Å². The molecule has 0 spiro atoms. The molecule has 1 amide bonds. The van der Waals surface area contributed by atoms with Gasteiger partial charge in [-0.2, -0.15) is 0 Å². The molecule has 0 bridgehead atoms. The Kier molecular flexibility index (Phi) is 6.47. The molecule has 1 aromatic heterocycles. The minimum Gasteiger partial charge on any atom is -0.490 e. The quantitative estimate of drug-likeness (QED) is 0.591. The second-order valence-corrected chi connectivity index (χ2v) is 12.9. The van der Waals surface area contributed by atoms with Gasteiger partial charge in [0, 0.05) is 47.6 Å². The minimum absolute atomic E-state index is 0.0796. The van der Waals surface area contributed by atoms with Crippen LogP contribution in [0.4, 0.5) is 11.4 Å². The number of carbonyl (C=O) groups excluding carboxylic acids is 1. The molecule has 3 unspecified atom stereocenters. The van der Waals surface area contributed by atoms with Crippen LogP contribution in [0.3, 0.4) is 0 Å². The number of benzene rings is 1. The van der Waals surface area contributed by atoms with Crippen LogP contribution in [0.5, 0.6) is 11.5 Å². The number of carbonyl (C=O) groups is 1. The zero-order chi connectivity index (χ0) is 24.7. The lowest BCUT2D eigenvalue weighted by atomic mass is 10.1. The van der Waals surface area contributed by atoms with Crippen LogP contribution >= 0.6 is 0 Å². The number of nitrogens with zero attached hydrogens (tertiary/aromatic N) is 3. The highest BCUT2D eigenvalue weighted by atomic mass is 32.2. The number of hydrogen-bond acceptors (Lipinski definition) is 8. The predicted octanol–water partition coefficient (Wildman–Crippen LogP) is 2.07. The third kappa shape index (κ3) is 5.02. The topological polar surface area (TPSA) is 106 Å². The maximum atomic E-state index is 12.8. The van der Waals surface area contributed by atoms with Gasteiger partial charge in [0.2, 0.25) is 5.91 Å². The van der Waals surface area contributed by atoms with Crippen molar-refractivity contribution in [3.8, 4) is 11.5 Å². The van der Waals surface area contributed by atoms with E-state index in [0.717, 1.165) is 24.1 Å². The van der Waals surface area contributed by atoms with E-state index in [1.165, 1.54) is 0 Å². The third-order valence-electron chi connectivity index (χ3n) is 6.66. The van der Waals surface area contributed by atoms with Crippen molar-refractivity contribution in [2.75, 3.05) is 48.9 Å². The van der Waals surface area contributed by atoms with Crippen LogP contribution in [0.15, 0.2) is 35.5 Å². The van der Waals surface area contributed by atoms with Crippen LogP contribution in [-0.2, 0) is 25.4 Å². The maximum Gasteiger partial charge on any atom is 0.226 e. The van der Waals surface area contributed by atoms with Gasteiger partial charge >= 0.3 is 0 Å². The molecule has 2 fully saturated rings. The van der Waals surface area contributed by atoms with Crippen molar-refractivity contribution in [2.24, 2.45) is 5.92 Å². The van der Waals surface area contributed by atoms with E-state index >= 15 is 0 Å². The Morgan fingerprint density at radius 1 is 1.23 bits per heavy atom. The van der Waals surface area contributed by atoms with Gasteiger partial charge in [0.05, 0.1) is 36.6 Å². The standard InChI is InChI=1S/C24H29N3O6S2/c1-16-11-18(13-25-23(16)35(2,30)31)27-8-9-32-22-4-3-19(12-21(22)27)33-20-5-7-26(14-20)24(28)17-6-10-34(29)15-17/h3-4,11-13,17,20H,5-10,14-15H2,1-2H3. The Labute approximate surface area is 207 Å². The zero-order valence-electron chi connectivity index (χ0n) is 19.8. The van der Waals surface area contributed by atoms with E-state index < -0.39 is 20.6 Å². The number of aromatic nitrogens is 1. The largest absolute Gasteiger partial charge is 0.490 e. The number of fused-ring (bicyclic) bond motifs is 1. The minimum atomic E-state index is -3.40. The first-order valence-electron chi connectivity index (χ1n) is 11.7. The zero-order valence-corrected chi connectivity index (χ0v) is 21.4. The molecule has 0 saturated carbocycles. The number of ether oxygens (including phenoxy) is 2. The Morgan fingerprint density at radius 2 is 2.06 bits per heavy atom. The van der Waals surface area contributed by atoms with Crippen molar-refractivity contribution in [1.29, 1.82) is 0 Å². The molecule has 0 N–H and O–H groups in total. The highest BCUT2D eigenvalue weighted by Crippen LogP contribution is 2.40. The Hall–Kier alpha value is -2.66. The summed E-state index contributed by atoms with van der Waals surface area (Å²) in [5, 5.41) is 0.0796. The van der Waals surface area contributed by atoms with Gasteiger partial charge in [-0.3, -0.25) is 9.00 Å². The molecule has 3 aliphatic heterocycles. The van der Waals surface area contributed by atoms with Gasteiger partial charge in [-0.15, -0.1) is 0 Å². The van der Waals surface area contributed by atoms with E-state index in [9.17, 15) is 17.4 Å². The summed E-state index contributed by atoms with van der Waals surface area (Å²) in [5.74, 6) is 2.44. The highest BCUT2D eigenvalue weighted by Gasteiger charge is 2.35. The molecule has 3 aliphatic rings. The van der Waals surface area contributed by atoms with Gasteiger partial charge in [-0.1, -0.05) is 0 Å². The summed E-state index contributed by atoms with van der Waals surface area (Å²) in [6.07, 6.45) is 4.06. The van der Waals surface area contributed by atoms with Crippen molar-refractivity contribution in [2.45, 2.75) is 30.9 Å². The Balaban J connectivity index is 1.31. The summed E-state index contributed by atoms with van der Waals surface area (Å²) < 4.78 is 47.7. The van der Waals surface area contributed by atoms with Crippen LogP contribution in [0.1, 0.15) is 18.4 Å².